The highest BCUT2D eigenvalue weighted by Crippen LogP contribution is 2.27. The molecule has 1 aliphatic rings. The van der Waals surface area contributed by atoms with Crippen LogP contribution in [0.3, 0.4) is 0 Å². The minimum absolute atomic E-state index is 0.0734. The van der Waals surface area contributed by atoms with Crippen molar-refractivity contribution >= 4 is 21.8 Å². The first-order valence-corrected chi connectivity index (χ1v) is 9.53. The van der Waals surface area contributed by atoms with Crippen LogP contribution in [-0.2, 0) is 10.0 Å². The second-order valence-corrected chi connectivity index (χ2v) is 8.16. The monoisotopic (exact) mass is 333 g/mol. The lowest BCUT2D eigenvalue weighted by atomic mass is 10.2. The molecule has 0 saturated carbocycles. The van der Waals surface area contributed by atoms with Crippen LogP contribution in [0.25, 0.3) is 0 Å². The number of halogens is 1. The third-order valence-electron chi connectivity index (χ3n) is 3.60. The van der Waals surface area contributed by atoms with Gasteiger partial charge in [-0.25, -0.2) is 12.8 Å². The zero-order valence-corrected chi connectivity index (χ0v) is 13.6. The lowest BCUT2D eigenvalue weighted by molar-refractivity contribution is 0.226. The van der Waals surface area contributed by atoms with Crippen LogP contribution >= 0.6 is 11.8 Å². The first kappa shape index (κ1) is 16.7. The van der Waals surface area contributed by atoms with Gasteiger partial charge < -0.3 is 5.11 Å². The number of nitrogens with zero attached hydrogens (tertiary/aromatic N) is 1. The van der Waals surface area contributed by atoms with Gasteiger partial charge in [-0.2, -0.15) is 16.1 Å². The van der Waals surface area contributed by atoms with Crippen molar-refractivity contribution in [2.24, 2.45) is 0 Å². The smallest absolute Gasteiger partial charge is 0.243 e. The van der Waals surface area contributed by atoms with E-state index in [4.69, 9.17) is 0 Å². The van der Waals surface area contributed by atoms with Crippen LogP contribution in [0.4, 0.5) is 4.39 Å². The second kappa shape index (κ2) is 7.09. The summed E-state index contributed by atoms with van der Waals surface area (Å²) in [5.41, 5.74) is 0.304. The van der Waals surface area contributed by atoms with Gasteiger partial charge in [0.25, 0.3) is 0 Å². The molecule has 1 aliphatic heterocycles. The van der Waals surface area contributed by atoms with E-state index in [1.165, 1.54) is 22.5 Å². The first-order valence-electron chi connectivity index (χ1n) is 6.93. The van der Waals surface area contributed by atoms with E-state index < -0.39 is 15.8 Å². The van der Waals surface area contributed by atoms with Crippen molar-refractivity contribution in [3.8, 4) is 0 Å². The summed E-state index contributed by atoms with van der Waals surface area (Å²) in [7, 11) is -3.71. The van der Waals surface area contributed by atoms with Crippen LogP contribution in [0, 0.1) is 12.7 Å². The predicted molar refractivity (Wildman–Crippen MR) is 82.5 cm³/mol. The van der Waals surface area contributed by atoms with E-state index in [9.17, 15) is 17.9 Å². The maximum Gasteiger partial charge on any atom is 0.243 e. The van der Waals surface area contributed by atoms with Gasteiger partial charge in [-0.3, -0.25) is 0 Å². The van der Waals surface area contributed by atoms with Crippen molar-refractivity contribution in [3.05, 3.63) is 29.6 Å². The van der Waals surface area contributed by atoms with Gasteiger partial charge in [0.15, 0.2) is 0 Å². The number of rotatable bonds is 5. The lowest BCUT2D eigenvalue weighted by Gasteiger charge is -2.32. The SMILES string of the molecule is Cc1cc(S(=O)(=O)N(CCO)[C@H]2CCCSC2)ccc1F. The van der Waals surface area contributed by atoms with Crippen molar-refractivity contribution in [2.45, 2.75) is 30.7 Å². The van der Waals surface area contributed by atoms with E-state index >= 15 is 0 Å². The second-order valence-electron chi connectivity index (χ2n) is 5.12. The van der Waals surface area contributed by atoms with E-state index in [-0.39, 0.29) is 24.1 Å². The Labute approximate surface area is 129 Å². The van der Waals surface area contributed by atoms with Gasteiger partial charge in [0.1, 0.15) is 5.82 Å². The van der Waals surface area contributed by atoms with Gasteiger partial charge in [-0.15, -0.1) is 0 Å². The molecule has 0 unspecified atom stereocenters. The van der Waals surface area contributed by atoms with Crippen molar-refractivity contribution in [2.75, 3.05) is 24.7 Å². The molecule has 1 saturated heterocycles. The molecule has 1 heterocycles. The Balaban J connectivity index is 2.34. The van der Waals surface area contributed by atoms with Crippen LogP contribution in [0.2, 0.25) is 0 Å². The first-order chi connectivity index (χ1) is 9.96. The molecule has 7 heteroatoms. The Morgan fingerprint density at radius 2 is 2.24 bits per heavy atom. The lowest BCUT2D eigenvalue weighted by Crippen LogP contribution is -2.44. The number of hydrogen-bond acceptors (Lipinski definition) is 4. The molecule has 1 atom stereocenters. The summed E-state index contributed by atoms with van der Waals surface area (Å²) in [5.74, 6) is 1.36. The molecular formula is C14H20FNO3S2. The fraction of sp³-hybridized carbons (Fsp3) is 0.571. The number of aliphatic hydroxyl groups excluding tert-OH is 1. The van der Waals surface area contributed by atoms with Crippen molar-refractivity contribution in [1.82, 2.24) is 4.31 Å². The van der Waals surface area contributed by atoms with Gasteiger partial charge >= 0.3 is 0 Å². The van der Waals surface area contributed by atoms with E-state index in [1.54, 1.807) is 18.7 Å². The van der Waals surface area contributed by atoms with Crippen LogP contribution in [0.1, 0.15) is 18.4 Å². The zero-order chi connectivity index (χ0) is 15.5. The Morgan fingerprint density at radius 1 is 1.48 bits per heavy atom. The summed E-state index contributed by atoms with van der Waals surface area (Å²) in [4.78, 5) is 0.0884. The maximum absolute atomic E-state index is 13.3. The number of thioether (sulfide) groups is 1. The third kappa shape index (κ3) is 3.77. The minimum Gasteiger partial charge on any atom is -0.395 e. The van der Waals surface area contributed by atoms with Crippen LogP contribution in [0.15, 0.2) is 23.1 Å². The highest BCUT2D eigenvalue weighted by Gasteiger charge is 2.32. The summed E-state index contributed by atoms with van der Waals surface area (Å²) in [6.45, 7) is 1.39. The molecule has 1 aromatic carbocycles. The third-order valence-corrected chi connectivity index (χ3v) is 6.75. The summed E-state index contributed by atoms with van der Waals surface area (Å²) in [5, 5.41) is 9.20. The van der Waals surface area contributed by atoms with Gasteiger partial charge in [0, 0.05) is 18.3 Å². The van der Waals surface area contributed by atoms with E-state index in [2.05, 4.69) is 0 Å². The maximum atomic E-state index is 13.3. The Hall–Kier alpha value is -0.630. The highest BCUT2D eigenvalue weighted by atomic mass is 32.2. The molecular weight excluding hydrogens is 313 g/mol. The molecule has 1 fully saturated rings. The van der Waals surface area contributed by atoms with E-state index in [0.29, 0.717) is 5.56 Å². The average molecular weight is 333 g/mol. The Bertz CT molecular complexity index is 586. The normalized spacial score (nSPS) is 19.9. The molecule has 4 nitrogen and oxygen atoms in total. The van der Waals surface area contributed by atoms with Gasteiger partial charge in [0.2, 0.25) is 10.0 Å². The van der Waals surface area contributed by atoms with Crippen LogP contribution < -0.4 is 0 Å². The summed E-state index contributed by atoms with van der Waals surface area (Å²) in [6, 6.07) is 3.71. The van der Waals surface area contributed by atoms with Crippen molar-refractivity contribution < 1.29 is 17.9 Å². The molecule has 0 bridgehead atoms. The number of sulfonamides is 1. The molecule has 2 rings (SSSR count). The Kier molecular flexibility index (Phi) is 5.65. The summed E-state index contributed by atoms with van der Waals surface area (Å²) < 4.78 is 40.2. The standard InChI is InChI=1S/C14H20FNO3S2/c1-11-9-13(4-5-14(11)15)21(18,19)16(6-7-17)12-3-2-8-20-10-12/h4-5,9,12,17H,2-3,6-8,10H2,1H3/t12-/m0/s1. The molecule has 0 aromatic heterocycles. The predicted octanol–water partition coefficient (Wildman–Crippen LogP) is 2.01. The molecule has 21 heavy (non-hydrogen) atoms. The topological polar surface area (TPSA) is 57.6 Å². The fourth-order valence-electron chi connectivity index (χ4n) is 2.46. The number of benzene rings is 1. The zero-order valence-electron chi connectivity index (χ0n) is 12.0. The van der Waals surface area contributed by atoms with Crippen LogP contribution in [-0.4, -0.2) is 48.5 Å². The van der Waals surface area contributed by atoms with Gasteiger partial charge in [0.05, 0.1) is 11.5 Å². The number of aryl methyl sites for hydroxylation is 1. The molecule has 0 aliphatic carbocycles. The number of hydrogen-bond donors (Lipinski definition) is 1. The molecule has 0 radical (unpaired) electrons. The summed E-state index contributed by atoms with van der Waals surface area (Å²) >= 11 is 1.73. The highest BCUT2D eigenvalue weighted by molar-refractivity contribution is 7.99. The minimum atomic E-state index is -3.71. The summed E-state index contributed by atoms with van der Waals surface area (Å²) in [6.07, 6.45) is 1.77. The average Bonchev–Trinajstić information content (AvgIpc) is 2.48. The van der Waals surface area contributed by atoms with Gasteiger partial charge in [-0.05, 0) is 49.3 Å². The van der Waals surface area contributed by atoms with Crippen molar-refractivity contribution in [3.63, 3.8) is 0 Å². The molecule has 1 N–H and O–H groups in total. The van der Waals surface area contributed by atoms with Crippen LogP contribution in [0.5, 0.6) is 0 Å². The van der Waals surface area contributed by atoms with Crippen molar-refractivity contribution in [1.29, 1.82) is 0 Å². The number of aliphatic hydroxyl groups is 1. The van der Waals surface area contributed by atoms with E-state index in [0.717, 1.165) is 24.3 Å². The molecule has 0 spiro atoms. The molecule has 1 aromatic rings. The largest absolute Gasteiger partial charge is 0.395 e. The molecule has 118 valence electrons. The van der Waals surface area contributed by atoms with E-state index in [1.807, 2.05) is 0 Å². The fourth-order valence-corrected chi connectivity index (χ4v) is 5.44. The molecule has 0 amide bonds. The van der Waals surface area contributed by atoms with Gasteiger partial charge in [-0.1, -0.05) is 0 Å². The quantitative estimate of drug-likeness (QED) is 0.895. The Morgan fingerprint density at radius 3 is 2.81 bits per heavy atom.